The van der Waals surface area contributed by atoms with Gasteiger partial charge in [0.15, 0.2) is 5.79 Å². The van der Waals surface area contributed by atoms with Crippen LogP contribution in [0.25, 0.3) is 0 Å². The molecule has 0 spiro atoms. The van der Waals surface area contributed by atoms with Crippen LogP contribution in [0, 0.1) is 0 Å². The van der Waals surface area contributed by atoms with Gasteiger partial charge in [0, 0.05) is 18.6 Å². The van der Waals surface area contributed by atoms with Crippen molar-refractivity contribution < 1.29 is 28.5 Å². The first kappa shape index (κ1) is 24.2. The largest absolute Gasteiger partial charge is 0.456 e. The average Bonchev–Trinajstić information content (AvgIpc) is 3.36. The predicted octanol–water partition coefficient (Wildman–Crippen LogP) is 3.30. The van der Waals surface area contributed by atoms with Crippen molar-refractivity contribution in [3.05, 3.63) is 91.0 Å². The molecule has 3 aliphatic rings. The maximum absolute atomic E-state index is 13.9. The number of benzene rings is 3. The lowest BCUT2D eigenvalue weighted by atomic mass is 9.82. The summed E-state index contributed by atoms with van der Waals surface area (Å²) in [7, 11) is 0. The lowest BCUT2D eigenvalue weighted by Gasteiger charge is -2.33. The molecule has 0 amide bonds. The third-order valence-electron chi connectivity index (χ3n) is 7.37. The summed E-state index contributed by atoms with van der Waals surface area (Å²) >= 11 is 0. The summed E-state index contributed by atoms with van der Waals surface area (Å²) < 4.78 is 23.8. The van der Waals surface area contributed by atoms with Crippen LogP contribution in [-0.2, 0) is 28.5 Å². The highest BCUT2D eigenvalue weighted by Gasteiger charge is 2.65. The summed E-state index contributed by atoms with van der Waals surface area (Å²) in [5, 5.41) is 3.06. The van der Waals surface area contributed by atoms with Gasteiger partial charge in [0.1, 0.15) is 12.2 Å². The first-order valence-electron chi connectivity index (χ1n) is 12.5. The molecular weight excluding hydrogens is 487 g/mol. The Morgan fingerprint density at radius 1 is 0.811 bits per heavy atom. The topological polar surface area (TPSA) is 71.1 Å². The number of carbonyl (C=O) groups excluding carboxylic acids is 2. The van der Waals surface area contributed by atoms with E-state index in [0.29, 0.717) is 0 Å². The summed E-state index contributed by atoms with van der Waals surface area (Å²) in [5.74, 6) is -0.149. The Morgan fingerprint density at radius 3 is 1.81 bits per heavy atom. The van der Waals surface area contributed by atoms with Crippen molar-refractivity contribution in [3.8, 4) is 0 Å². The standard InChI is InChI=1S/C30H29O6P/c1-29(2)34-25-19-30(18-24(27(25)36-29)33-28(30)32)35-26(31)20-37(21-12-6-3-7-13-21,22-14-8-4-9-15-22)23-16-10-5-11-17-23/h3-17,20,24-25,27H,18-19H2,1-2H3/t24-,25-,27+,30-/m1/s1. The molecule has 2 aliphatic heterocycles. The molecule has 1 aliphatic carbocycles. The minimum atomic E-state index is -2.57. The van der Waals surface area contributed by atoms with Gasteiger partial charge in [0.2, 0.25) is 5.60 Å². The first-order valence-corrected chi connectivity index (χ1v) is 14.4. The van der Waals surface area contributed by atoms with Gasteiger partial charge in [-0.1, -0.05) is 91.0 Å². The molecule has 3 aromatic carbocycles. The van der Waals surface area contributed by atoms with E-state index < -0.39 is 36.3 Å². The molecule has 0 N–H and O–H groups in total. The predicted molar refractivity (Wildman–Crippen MR) is 143 cm³/mol. The van der Waals surface area contributed by atoms with E-state index in [1.165, 1.54) is 0 Å². The Balaban J connectivity index is 1.45. The Hall–Kier alpha value is -3.18. The van der Waals surface area contributed by atoms with Gasteiger partial charge in [0.05, 0.1) is 6.10 Å². The number of fused-ring (bicyclic) bond motifs is 4. The Labute approximate surface area is 216 Å². The zero-order chi connectivity index (χ0) is 25.7. The van der Waals surface area contributed by atoms with Crippen LogP contribution in [0.2, 0.25) is 0 Å². The Bertz CT molecular complexity index is 1270. The third kappa shape index (κ3) is 4.14. The first-order chi connectivity index (χ1) is 17.8. The quantitative estimate of drug-likeness (QED) is 0.383. The Kier molecular flexibility index (Phi) is 5.87. The third-order valence-corrected chi connectivity index (χ3v) is 11.3. The van der Waals surface area contributed by atoms with E-state index in [9.17, 15) is 9.59 Å². The van der Waals surface area contributed by atoms with Crippen LogP contribution in [0.15, 0.2) is 91.0 Å². The fraction of sp³-hybridized carbons (Fsp3) is 0.300. The number of ether oxygens (including phenoxy) is 4. The van der Waals surface area contributed by atoms with E-state index in [4.69, 9.17) is 18.9 Å². The van der Waals surface area contributed by atoms with Crippen molar-refractivity contribution in [2.75, 3.05) is 0 Å². The van der Waals surface area contributed by atoms with E-state index >= 15 is 0 Å². The SMILES string of the molecule is CC1(C)O[C@H]2[C@H]3C[C@@](OC(=O)C=P(c4ccccc4)(c4ccccc4)c4ccccc4)(C[C@H]2O1)C(=O)O3. The smallest absolute Gasteiger partial charge is 0.351 e. The highest BCUT2D eigenvalue weighted by atomic mass is 31.2. The maximum atomic E-state index is 13.9. The van der Waals surface area contributed by atoms with Gasteiger partial charge in [-0.15, -0.1) is 0 Å². The molecule has 37 heavy (non-hydrogen) atoms. The van der Waals surface area contributed by atoms with Gasteiger partial charge >= 0.3 is 11.9 Å². The molecule has 6 nitrogen and oxygen atoms in total. The van der Waals surface area contributed by atoms with Crippen LogP contribution in [0.3, 0.4) is 0 Å². The summed E-state index contributed by atoms with van der Waals surface area (Å²) in [5.41, 5.74) is -1.39. The summed E-state index contributed by atoms with van der Waals surface area (Å²) in [6.07, 6.45) is -0.771. The monoisotopic (exact) mass is 516 g/mol. The lowest BCUT2D eigenvalue weighted by Crippen LogP contribution is -2.50. The fourth-order valence-electron chi connectivity index (χ4n) is 5.87. The minimum Gasteiger partial charge on any atom is -0.456 e. The molecule has 7 heteroatoms. The van der Waals surface area contributed by atoms with E-state index in [2.05, 4.69) is 0 Å². The molecule has 2 bridgehead atoms. The summed E-state index contributed by atoms with van der Waals surface area (Å²) in [6.45, 7) is 1.10. The molecule has 0 unspecified atom stereocenters. The number of hydrogen-bond donors (Lipinski definition) is 0. The molecule has 2 heterocycles. The number of esters is 2. The second kappa shape index (κ2) is 8.98. The second-order valence-corrected chi connectivity index (χ2v) is 13.5. The average molecular weight is 517 g/mol. The van der Waals surface area contributed by atoms with Crippen molar-refractivity contribution in [1.82, 2.24) is 0 Å². The zero-order valence-electron chi connectivity index (χ0n) is 20.8. The highest BCUT2D eigenvalue weighted by molar-refractivity contribution is 7.95. The number of hydrogen-bond acceptors (Lipinski definition) is 6. The fourth-order valence-corrected chi connectivity index (χ4v) is 9.51. The van der Waals surface area contributed by atoms with E-state index in [-0.39, 0.29) is 25.0 Å². The molecule has 2 saturated heterocycles. The normalized spacial score (nSPS) is 27.7. The van der Waals surface area contributed by atoms with Crippen LogP contribution < -0.4 is 15.9 Å². The van der Waals surface area contributed by atoms with Crippen molar-refractivity contribution in [1.29, 1.82) is 0 Å². The van der Waals surface area contributed by atoms with Crippen molar-refractivity contribution in [3.63, 3.8) is 0 Å². The second-order valence-electron chi connectivity index (χ2n) is 10.3. The van der Waals surface area contributed by atoms with Crippen LogP contribution >= 0.6 is 6.89 Å². The van der Waals surface area contributed by atoms with Crippen LogP contribution in [0.4, 0.5) is 0 Å². The highest BCUT2D eigenvalue weighted by Crippen LogP contribution is 2.49. The molecule has 0 radical (unpaired) electrons. The lowest BCUT2D eigenvalue weighted by molar-refractivity contribution is -0.178. The minimum absolute atomic E-state index is 0.212. The van der Waals surface area contributed by atoms with Gasteiger partial charge in [-0.05, 0) is 36.6 Å². The zero-order valence-corrected chi connectivity index (χ0v) is 21.7. The van der Waals surface area contributed by atoms with Gasteiger partial charge in [0.25, 0.3) is 0 Å². The van der Waals surface area contributed by atoms with E-state index in [0.717, 1.165) is 15.9 Å². The van der Waals surface area contributed by atoms with Gasteiger partial charge in [-0.2, -0.15) is 0 Å². The van der Waals surface area contributed by atoms with Crippen molar-refractivity contribution in [2.24, 2.45) is 0 Å². The van der Waals surface area contributed by atoms with Gasteiger partial charge in [-0.25, -0.2) is 9.59 Å². The van der Waals surface area contributed by atoms with Crippen LogP contribution in [0.1, 0.15) is 26.7 Å². The molecular formula is C30H29O6P. The van der Waals surface area contributed by atoms with Gasteiger partial charge in [-0.3, -0.25) is 0 Å². The molecule has 0 aromatic heterocycles. The van der Waals surface area contributed by atoms with Crippen molar-refractivity contribution in [2.45, 2.75) is 56.4 Å². The van der Waals surface area contributed by atoms with E-state index in [1.54, 1.807) is 5.80 Å². The summed E-state index contributed by atoms with van der Waals surface area (Å²) in [6, 6.07) is 30.1. The maximum Gasteiger partial charge on any atom is 0.351 e. The molecule has 190 valence electrons. The molecule has 4 atom stereocenters. The molecule has 6 rings (SSSR count). The van der Waals surface area contributed by atoms with E-state index in [1.807, 2.05) is 105 Å². The van der Waals surface area contributed by atoms with Crippen LogP contribution in [-0.4, -0.2) is 47.4 Å². The number of carbonyl (C=O) groups is 2. The molecule has 1 saturated carbocycles. The molecule has 3 fully saturated rings. The van der Waals surface area contributed by atoms with Gasteiger partial charge < -0.3 is 18.9 Å². The molecule has 3 aromatic rings. The number of rotatable bonds is 5. The van der Waals surface area contributed by atoms with Crippen LogP contribution in [0.5, 0.6) is 0 Å². The van der Waals surface area contributed by atoms with Crippen molar-refractivity contribution >= 4 is 40.5 Å². The summed E-state index contributed by atoms with van der Waals surface area (Å²) in [4.78, 5) is 26.9. The Morgan fingerprint density at radius 2 is 1.30 bits per heavy atom.